The molecule has 132 valence electrons. The van der Waals surface area contributed by atoms with E-state index in [2.05, 4.69) is 9.71 Å². The molecule has 9 heteroatoms. The molecule has 4 rings (SSSR count). The Kier molecular flexibility index (Phi) is 4.09. The maximum atomic E-state index is 12.7. The first-order valence-corrected chi connectivity index (χ1v) is 9.83. The lowest BCUT2D eigenvalue weighted by molar-refractivity contribution is 0.400. The molecule has 2 aromatic carbocycles. The summed E-state index contributed by atoms with van der Waals surface area (Å²) in [7, 11) is -3.73. The van der Waals surface area contributed by atoms with Gasteiger partial charge in [-0.2, -0.15) is 18.0 Å². The average Bonchev–Trinajstić information content (AvgIpc) is 3.00. The summed E-state index contributed by atoms with van der Waals surface area (Å²) in [4.78, 5) is 2.98. The number of aromatic nitrogens is 1. The Balaban J connectivity index is 1.73. The number of halogens is 2. The highest BCUT2D eigenvalue weighted by atomic mass is 35.5. The van der Waals surface area contributed by atoms with Crippen molar-refractivity contribution in [3.63, 3.8) is 0 Å². The lowest BCUT2D eigenvalue weighted by Crippen LogP contribution is -2.39. The molecule has 0 saturated carbocycles. The smallest absolute Gasteiger partial charge is 0.302 e. The van der Waals surface area contributed by atoms with Crippen LogP contribution in [0.5, 0.6) is 0 Å². The van der Waals surface area contributed by atoms with Crippen LogP contribution < -0.4 is 4.72 Å². The number of benzene rings is 2. The fraction of sp³-hybridized carbons (Fsp3) is 0.118. The van der Waals surface area contributed by atoms with Crippen molar-refractivity contribution in [1.29, 1.82) is 5.26 Å². The first-order chi connectivity index (χ1) is 12.4. The Morgan fingerprint density at radius 2 is 1.92 bits per heavy atom. The Bertz CT molecular complexity index is 1160. The summed E-state index contributed by atoms with van der Waals surface area (Å²) < 4.78 is 29.3. The van der Waals surface area contributed by atoms with Gasteiger partial charge in [0.15, 0.2) is 0 Å². The number of H-pyrrole nitrogens is 1. The third kappa shape index (κ3) is 2.81. The van der Waals surface area contributed by atoms with Crippen LogP contribution in [0.25, 0.3) is 10.9 Å². The van der Waals surface area contributed by atoms with Gasteiger partial charge in [-0.1, -0.05) is 35.3 Å². The number of anilines is 1. The molecule has 0 amide bonds. The van der Waals surface area contributed by atoms with E-state index >= 15 is 0 Å². The molecule has 1 aliphatic heterocycles. The topological polar surface area (TPSA) is 89.0 Å². The van der Waals surface area contributed by atoms with Gasteiger partial charge < -0.3 is 4.98 Å². The zero-order chi connectivity index (χ0) is 18.5. The van der Waals surface area contributed by atoms with Crippen LogP contribution in [0.2, 0.25) is 10.0 Å². The van der Waals surface area contributed by atoms with E-state index in [1.54, 1.807) is 36.5 Å². The van der Waals surface area contributed by atoms with Gasteiger partial charge in [0.25, 0.3) is 0 Å². The molecule has 1 aliphatic rings. The maximum absolute atomic E-state index is 12.7. The summed E-state index contributed by atoms with van der Waals surface area (Å²) in [6.07, 6.45) is 1.58. The number of hydrogen-bond acceptors (Lipinski definition) is 3. The highest BCUT2D eigenvalue weighted by molar-refractivity contribution is 7.90. The van der Waals surface area contributed by atoms with Crippen molar-refractivity contribution in [2.45, 2.75) is 13.1 Å². The molecule has 6 nitrogen and oxygen atoms in total. The Hall–Kier alpha value is -2.24. The van der Waals surface area contributed by atoms with Gasteiger partial charge in [-0.15, -0.1) is 0 Å². The molecule has 0 radical (unpaired) electrons. The van der Waals surface area contributed by atoms with Crippen molar-refractivity contribution in [2.24, 2.45) is 0 Å². The van der Waals surface area contributed by atoms with Crippen molar-refractivity contribution >= 4 is 50.0 Å². The lowest BCUT2D eigenvalue weighted by atomic mass is 10.1. The van der Waals surface area contributed by atoms with Crippen molar-refractivity contribution in [3.05, 3.63) is 63.3 Å². The summed E-state index contributed by atoms with van der Waals surface area (Å²) in [5, 5.41) is 10.4. The van der Waals surface area contributed by atoms with Crippen molar-refractivity contribution < 1.29 is 8.42 Å². The second-order valence-electron chi connectivity index (χ2n) is 5.96. The minimum atomic E-state index is -3.73. The van der Waals surface area contributed by atoms with Crippen LogP contribution in [-0.4, -0.2) is 17.7 Å². The van der Waals surface area contributed by atoms with E-state index in [-0.39, 0.29) is 13.1 Å². The Labute approximate surface area is 160 Å². The third-order valence-electron chi connectivity index (χ3n) is 4.30. The molecule has 0 saturated heterocycles. The fourth-order valence-electron chi connectivity index (χ4n) is 3.03. The standard InChI is InChI=1S/C17H12Cl2N4O2S/c18-13-5-12-9-23(8-11-3-1-10(6-20)2-4-11)26(24,25)22-16(12)17-15(13)14(19)7-21-17/h1-5,7,21-22H,8-9H2. The van der Waals surface area contributed by atoms with Crippen LogP contribution in [0.4, 0.5) is 5.69 Å². The van der Waals surface area contributed by atoms with E-state index in [4.69, 9.17) is 28.5 Å². The summed E-state index contributed by atoms with van der Waals surface area (Å²) in [6.45, 7) is 0.360. The van der Waals surface area contributed by atoms with Gasteiger partial charge in [-0.3, -0.25) is 4.72 Å². The van der Waals surface area contributed by atoms with Gasteiger partial charge in [0.05, 0.1) is 32.9 Å². The largest absolute Gasteiger partial charge is 0.358 e. The van der Waals surface area contributed by atoms with E-state index in [1.165, 1.54) is 4.31 Å². The van der Waals surface area contributed by atoms with Crippen LogP contribution in [0.3, 0.4) is 0 Å². The predicted octanol–water partition coefficient (Wildman–Crippen LogP) is 4.02. The van der Waals surface area contributed by atoms with Gasteiger partial charge >= 0.3 is 10.2 Å². The fourth-order valence-corrected chi connectivity index (χ4v) is 4.90. The van der Waals surface area contributed by atoms with Gasteiger partial charge in [-0.25, -0.2) is 0 Å². The average molecular weight is 407 g/mol. The van der Waals surface area contributed by atoms with Gasteiger partial charge in [0.2, 0.25) is 0 Å². The first kappa shape index (κ1) is 17.2. The summed E-state index contributed by atoms with van der Waals surface area (Å²) >= 11 is 12.4. The number of aromatic amines is 1. The normalized spacial score (nSPS) is 16.0. The number of nitrogens with one attached hydrogen (secondary N) is 2. The van der Waals surface area contributed by atoms with Gasteiger partial charge in [0.1, 0.15) is 0 Å². The molecule has 0 atom stereocenters. The zero-order valence-electron chi connectivity index (χ0n) is 13.3. The van der Waals surface area contributed by atoms with Crippen LogP contribution >= 0.6 is 23.2 Å². The summed E-state index contributed by atoms with van der Waals surface area (Å²) in [5.41, 5.74) is 3.10. The molecule has 3 aromatic rings. The molecule has 2 heterocycles. The molecule has 0 bridgehead atoms. The number of fused-ring (bicyclic) bond motifs is 3. The molecule has 0 aliphatic carbocycles. The predicted molar refractivity (Wildman–Crippen MR) is 101 cm³/mol. The van der Waals surface area contributed by atoms with Gasteiger partial charge in [0, 0.05) is 24.7 Å². The van der Waals surface area contributed by atoms with E-state index in [0.717, 1.165) is 11.1 Å². The summed E-state index contributed by atoms with van der Waals surface area (Å²) in [5.74, 6) is 0. The number of rotatable bonds is 2. The minimum absolute atomic E-state index is 0.178. The molecule has 0 spiro atoms. The van der Waals surface area contributed by atoms with E-state index in [1.807, 2.05) is 6.07 Å². The van der Waals surface area contributed by atoms with Gasteiger partial charge in [-0.05, 0) is 29.3 Å². The highest BCUT2D eigenvalue weighted by Crippen LogP contribution is 2.40. The van der Waals surface area contributed by atoms with Crippen LogP contribution in [0.1, 0.15) is 16.7 Å². The monoisotopic (exact) mass is 406 g/mol. The number of nitriles is 1. The molecule has 1 aromatic heterocycles. The third-order valence-corrected chi connectivity index (χ3v) is 6.30. The van der Waals surface area contributed by atoms with E-state index < -0.39 is 10.2 Å². The second kappa shape index (κ2) is 6.18. The van der Waals surface area contributed by atoms with Crippen LogP contribution in [0.15, 0.2) is 36.5 Å². The molecule has 2 N–H and O–H groups in total. The SMILES string of the molecule is N#Cc1ccc(CN2Cc3cc(Cl)c4c(Cl)c[nH]c4c3NS2(=O)=O)cc1. The molecule has 0 fully saturated rings. The van der Waals surface area contributed by atoms with Crippen LogP contribution in [0, 0.1) is 11.3 Å². The maximum Gasteiger partial charge on any atom is 0.302 e. The van der Waals surface area contributed by atoms with Crippen LogP contribution in [-0.2, 0) is 23.3 Å². The van der Waals surface area contributed by atoms with Crippen molar-refractivity contribution in [1.82, 2.24) is 9.29 Å². The quantitative estimate of drug-likeness (QED) is 0.673. The second-order valence-corrected chi connectivity index (χ2v) is 8.45. The molecule has 26 heavy (non-hydrogen) atoms. The Morgan fingerprint density at radius 3 is 2.62 bits per heavy atom. The van der Waals surface area contributed by atoms with Crippen molar-refractivity contribution in [3.8, 4) is 6.07 Å². The minimum Gasteiger partial charge on any atom is -0.358 e. The van der Waals surface area contributed by atoms with E-state index in [0.29, 0.717) is 32.2 Å². The first-order valence-electron chi connectivity index (χ1n) is 7.64. The van der Waals surface area contributed by atoms with E-state index in [9.17, 15) is 8.42 Å². The number of nitrogens with zero attached hydrogens (tertiary/aromatic N) is 2. The highest BCUT2D eigenvalue weighted by Gasteiger charge is 2.31. The zero-order valence-corrected chi connectivity index (χ0v) is 15.6. The molecular formula is C17H12Cl2N4O2S. The number of hydrogen-bond donors (Lipinski definition) is 2. The molecule has 0 unspecified atom stereocenters. The summed E-state index contributed by atoms with van der Waals surface area (Å²) in [6, 6.07) is 10.6. The van der Waals surface area contributed by atoms with Crippen molar-refractivity contribution in [2.75, 3.05) is 4.72 Å². The Morgan fingerprint density at radius 1 is 1.19 bits per heavy atom. The lowest BCUT2D eigenvalue weighted by Gasteiger charge is -2.29. The molecular weight excluding hydrogens is 395 g/mol.